The minimum absolute atomic E-state index is 0.180. The van der Waals surface area contributed by atoms with Crippen LogP contribution >= 0.6 is 0 Å². The first-order valence-electron chi connectivity index (χ1n) is 11.9. The van der Waals surface area contributed by atoms with E-state index in [1.54, 1.807) is 12.1 Å². The van der Waals surface area contributed by atoms with Crippen LogP contribution in [0.25, 0.3) is 5.69 Å². The molecule has 0 unspecified atom stereocenters. The largest absolute Gasteiger partial charge is 0.421 e. The molecule has 1 aliphatic heterocycles. The summed E-state index contributed by atoms with van der Waals surface area (Å²) in [5.41, 5.74) is -0.688. The van der Waals surface area contributed by atoms with Gasteiger partial charge in [0.15, 0.2) is 0 Å². The van der Waals surface area contributed by atoms with E-state index in [0.29, 0.717) is 17.2 Å². The SMILES string of the molecule is CC1(C)CN(c2cnc(N[C@H]3CC[C@H](Nc4ccc(-n5cccc(C(F)(F)F)c5=O)cn4)C3)nc2)C1. The lowest BCUT2D eigenvalue weighted by atomic mass is 9.84. The first-order chi connectivity index (χ1) is 17.1. The summed E-state index contributed by atoms with van der Waals surface area (Å²) in [5.74, 6) is 1.21. The number of hydrogen-bond acceptors (Lipinski definition) is 7. The predicted molar refractivity (Wildman–Crippen MR) is 132 cm³/mol. The Labute approximate surface area is 206 Å². The summed E-state index contributed by atoms with van der Waals surface area (Å²) in [7, 11) is 0. The molecular formula is C25H28F3N7O. The quantitative estimate of drug-likeness (QED) is 0.522. The summed E-state index contributed by atoms with van der Waals surface area (Å²) < 4.78 is 40.1. The van der Waals surface area contributed by atoms with Gasteiger partial charge in [0.25, 0.3) is 5.56 Å². The Morgan fingerprint density at radius 3 is 2.22 bits per heavy atom. The molecule has 190 valence electrons. The van der Waals surface area contributed by atoms with Crippen molar-refractivity contribution in [2.24, 2.45) is 5.41 Å². The number of rotatable bonds is 6. The van der Waals surface area contributed by atoms with E-state index in [9.17, 15) is 18.0 Å². The molecule has 8 nitrogen and oxygen atoms in total. The Hall–Kier alpha value is -3.63. The molecule has 0 bridgehead atoms. The van der Waals surface area contributed by atoms with Crippen molar-refractivity contribution in [3.8, 4) is 5.69 Å². The summed E-state index contributed by atoms with van der Waals surface area (Å²) in [6.07, 6.45) is 4.42. The third-order valence-electron chi connectivity index (χ3n) is 6.64. The molecule has 36 heavy (non-hydrogen) atoms. The summed E-state index contributed by atoms with van der Waals surface area (Å²) in [4.78, 5) is 27.8. The second-order valence-electron chi connectivity index (χ2n) is 10.3. The molecule has 0 aromatic carbocycles. The van der Waals surface area contributed by atoms with Crippen LogP contribution in [-0.4, -0.2) is 44.7 Å². The van der Waals surface area contributed by atoms with Crippen molar-refractivity contribution in [1.82, 2.24) is 19.5 Å². The maximum Gasteiger partial charge on any atom is 0.421 e. The van der Waals surface area contributed by atoms with Gasteiger partial charge in [0, 0.05) is 31.4 Å². The van der Waals surface area contributed by atoms with Gasteiger partial charge in [-0.3, -0.25) is 9.36 Å². The Kier molecular flexibility index (Phi) is 6.09. The van der Waals surface area contributed by atoms with E-state index < -0.39 is 17.3 Å². The Morgan fingerprint density at radius 2 is 1.61 bits per heavy atom. The standard InChI is InChI=1S/C25H28F3N7O/c1-24(2)14-34(15-24)19-12-30-23(31-13-19)33-17-6-5-16(10-17)32-21-8-7-18(11-29-21)35-9-3-4-20(22(35)36)25(26,27)28/h3-4,7-9,11-13,16-17H,5-6,10,14-15H2,1-2H3,(H,29,32)(H,30,31,33)/t16-,17-/m0/s1. The lowest BCUT2D eigenvalue weighted by molar-refractivity contribution is -0.138. The fourth-order valence-electron chi connectivity index (χ4n) is 4.89. The highest BCUT2D eigenvalue weighted by molar-refractivity contribution is 5.48. The van der Waals surface area contributed by atoms with Gasteiger partial charge < -0.3 is 15.5 Å². The van der Waals surface area contributed by atoms with Gasteiger partial charge in [-0.1, -0.05) is 13.8 Å². The maximum atomic E-state index is 13.0. The highest BCUT2D eigenvalue weighted by Crippen LogP contribution is 2.33. The molecule has 1 aliphatic carbocycles. The fraction of sp³-hybridized carbons (Fsp3) is 0.440. The number of alkyl halides is 3. The Morgan fingerprint density at radius 1 is 0.944 bits per heavy atom. The van der Waals surface area contributed by atoms with Gasteiger partial charge in [-0.05, 0) is 48.9 Å². The number of aromatic nitrogens is 4. The third-order valence-corrected chi connectivity index (χ3v) is 6.64. The van der Waals surface area contributed by atoms with E-state index >= 15 is 0 Å². The second-order valence-corrected chi connectivity index (χ2v) is 10.3. The summed E-state index contributed by atoms with van der Waals surface area (Å²) >= 11 is 0. The Balaban J connectivity index is 1.16. The van der Waals surface area contributed by atoms with E-state index in [1.165, 1.54) is 18.5 Å². The molecule has 0 amide bonds. The average Bonchev–Trinajstić information content (AvgIpc) is 3.24. The van der Waals surface area contributed by atoms with Crippen molar-refractivity contribution >= 4 is 17.5 Å². The number of hydrogen-bond donors (Lipinski definition) is 2. The zero-order chi connectivity index (χ0) is 25.5. The number of nitrogens with zero attached hydrogens (tertiary/aromatic N) is 5. The van der Waals surface area contributed by atoms with E-state index in [0.717, 1.165) is 48.7 Å². The molecule has 0 radical (unpaired) electrons. The van der Waals surface area contributed by atoms with Crippen LogP contribution in [0.4, 0.5) is 30.6 Å². The first kappa shape index (κ1) is 24.1. The molecule has 11 heteroatoms. The normalized spacial score (nSPS) is 21.2. The minimum atomic E-state index is -4.71. The number of anilines is 3. The van der Waals surface area contributed by atoms with Crippen LogP contribution in [0, 0.1) is 5.41 Å². The van der Waals surface area contributed by atoms with E-state index in [1.807, 2.05) is 12.4 Å². The molecule has 4 heterocycles. The van der Waals surface area contributed by atoms with Crippen molar-refractivity contribution in [1.29, 1.82) is 0 Å². The van der Waals surface area contributed by atoms with Crippen LogP contribution in [0.3, 0.4) is 0 Å². The third kappa shape index (κ3) is 5.14. The van der Waals surface area contributed by atoms with E-state index in [4.69, 9.17) is 0 Å². The zero-order valence-electron chi connectivity index (χ0n) is 20.1. The smallest absolute Gasteiger partial charge is 0.368 e. The van der Waals surface area contributed by atoms with Crippen molar-refractivity contribution in [2.75, 3.05) is 28.6 Å². The predicted octanol–water partition coefficient (Wildman–Crippen LogP) is 4.33. The van der Waals surface area contributed by atoms with Crippen LogP contribution in [0.15, 0.2) is 53.8 Å². The van der Waals surface area contributed by atoms with Crippen LogP contribution in [-0.2, 0) is 6.18 Å². The van der Waals surface area contributed by atoms with Crippen molar-refractivity contribution < 1.29 is 13.2 Å². The van der Waals surface area contributed by atoms with Crippen LogP contribution in [0.5, 0.6) is 0 Å². The van der Waals surface area contributed by atoms with Gasteiger partial charge in [0.2, 0.25) is 5.95 Å². The van der Waals surface area contributed by atoms with Crippen molar-refractivity contribution in [3.63, 3.8) is 0 Å². The molecule has 2 aliphatic rings. The van der Waals surface area contributed by atoms with Crippen LogP contribution in [0.1, 0.15) is 38.7 Å². The highest BCUT2D eigenvalue weighted by Gasteiger charge is 2.35. The topological polar surface area (TPSA) is 88.0 Å². The molecule has 3 aromatic rings. The van der Waals surface area contributed by atoms with Gasteiger partial charge in [0.1, 0.15) is 11.4 Å². The second kappa shape index (κ2) is 9.11. The number of halogens is 3. The minimum Gasteiger partial charge on any atom is -0.368 e. The number of nitrogens with one attached hydrogen (secondary N) is 2. The van der Waals surface area contributed by atoms with Gasteiger partial charge in [-0.2, -0.15) is 13.2 Å². The molecule has 1 saturated carbocycles. The summed E-state index contributed by atoms with van der Waals surface area (Å²) in [6.45, 7) is 6.49. The van der Waals surface area contributed by atoms with Crippen LogP contribution < -0.4 is 21.1 Å². The zero-order valence-corrected chi connectivity index (χ0v) is 20.1. The summed E-state index contributed by atoms with van der Waals surface area (Å²) in [5, 5.41) is 6.76. The molecule has 2 atom stereocenters. The first-order valence-corrected chi connectivity index (χ1v) is 11.9. The van der Waals surface area contributed by atoms with Gasteiger partial charge in [0.05, 0.1) is 30.0 Å². The van der Waals surface area contributed by atoms with Crippen LogP contribution in [0.2, 0.25) is 0 Å². The van der Waals surface area contributed by atoms with Gasteiger partial charge in [-0.15, -0.1) is 0 Å². The summed E-state index contributed by atoms with van der Waals surface area (Å²) in [6, 6.07) is 5.63. The molecule has 2 fully saturated rings. The maximum absolute atomic E-state index is 13.0. The van der Waals surface area contributed by atoms with Crippen molar-refractivity contribution in [2.45, 2.75) is 51.4 Å². The monoisotopic (exact) mass is 499 g/mol. The highest BCUT2D eigenvalue weighted by atomic mass is 19.4. The van der Waals surface area contributed by atoms with Gasteiger partial charge in [-0.25, -0.2) is 15.0 Å². The molecular weight excluding hydrogens is 471 g/mol. The lowest BCUT2D eigenvalue weighted by Crippen LogP contribution is -2.53. The Bertz CT molecular complexity index is 1260. The van der Waals surface area contributed by atoms with Crippen molar-refractivity contribution in [3.05, 3.63) is 65.0 Å². The molecule has 3 aromatic heterocycles. The molecule has 0 spiro atoms. The fourth-order valence-corrected chi connectivity index (χ4v) is 4.89. The van der Waals surface area contributed by atoms with Gasteiger partial charge >= 0.3 is 6.18 Å². The molecule has 1 saturated heterocycles. The lowest BCUT2D eigenvalue weighted by Gasteiger charge is -2.47. The van der Waals surface area contributed by atoms with E-state index in [2.05, 4.69) is 44.3 Å². The number of pyridine rings is 2. The average molecular weight is 500 g/mol. The molecule has 5 rings (SSSR count). The molecule has 2 N–H and O–H groups in total. The van der Waals surface area contributed by atoms with E-state index in [-0.39, 0.29) is 17.8 Å².